The molecular weight excluding hydrogens is 368 g/mol. The fourth-order valence-electron chi connectivity index (χ4n) is 4.09. The maximum absolute atomic E-state index is 13.4. The Balaban J connectivity index is 1.60. The van der Waals surface area contributed by atoms with Gasteiger partial charge in [0, 0.05) is 0 Å². The number of rotatable bonds is 3. The number of para-hydroxylation sites is 2. The zero-order valence-electron chi connectivity index (χ0n) is 15.4. The zero-order valence-corrected chi connectivity index (χ0v) is 15.4. The number of benzene rings is 3. The maximum atomic E-state index is 13.4. The summed E-state index contributed by atoms with van der Waals surface area (Å²) in [5, 5.41) is 11.6. The van der Waals surface area contributed by atoms with Gasteiger partial charge in [-0.2, -0.15) is 0 Å². The fourth-order valence-corrected chi connectivity index (χ4v) is 4.09. The van der Waals surface area contributed by atoms with Gasteiger partial charge in [0.2, 0.25) is 5.91 Å². The average molecular weight is 386 g/mol. The van der Waals surface area contributed by atoms with Crippen molar-refractivity contribution >= 4 is 23.2 Å². The van der Waals surface area contributed by atoms with Crippen molar-refractivity contribution in [2.24, 2.45) is 5.92 Å². The van der Waals surface area contributed by atoms with Crippen molar-refractivity contribution in [3.63, 3.8) is 0 Å². The molecule has 2 aliphatic heterocycles. The third kappa shape index (κ3) is 2.77. The van der Waals surface area contributed by atoms with E-state index in [1.165, 1.54) is 4.90 Å². The van der Waals surface area contributed by atoms with Crippen molar-refractivity contribution in [1.82, 2.24) is 0 Å². The number of phenolic OH excluding ortho intramolecular Hbond substituents is 1. The molecule has 0 aliphatic carbocycles. The van der Waals surface area contributed by atoms with E-state index in [2.05, 4.69) is 0 Å². The number of hydrogen-bond donors (Lipinski definition) is 1. The van der Waals surface area contributed by atoms with Gasteiger partial charge in [-0.05, 0) is 42.0 Å². The first kappa shape index (κ1) is 17.5. The molecular formula is C23H18N2O4. The van der Waals surface area contributed by atoms with E-state index in [1.54, 1.807) is 47.5 Å². The van der Waals surface area contributed by atoms with Gasteiger partial charge >= 0.3 is 0 Å². The number of imide groups is 1. The van der Waals surface area contributed by atoms with Crippen LogP contribution in [0.25, 0.3) is 0 Å². The van der Waals surface area contributed by atoms with Crippen molar-refractivity contribution in [3.05, 3.63) is 90.5 Å². The highest BCUT2D eigenvalue weighted by Crippen LogP contribution is 2.47. The van der Waals surface area contributed by atoms with Crippen LogP contribution in [0.3, 0.4) is 0 Å². The van der Waals surface area contributed by atoms with Crippen molar-refractivity contribution in [3.8, 4) is 5.75 Å². The molecule has 0 aromatic heterocycles. The van der Waals surface area contributed by atoms with E-state index >= 15 is 0 Å². The standard InChI is InChI=1S/C23H18N2O4/c26-18-13-7-8-15(14-18)20-19-21(29-25(20)17-11-5-2-6-12-17)23(28)24(22(19)27)16-9-3-1-4-10-16/h1-14,19-21,26H/t19-,20+,21-/m1/s1. The topological polar surface area (TPSA) is 70.1 Å². The van der Waals surface area contributed by atoms with Crippen molar-refractivity contribution in [2.75, 3.05) is 9.96 Å². The van der Waals surface area contributed by atoms with Gasteiger partial charge in [0.25, 0.3) is 5.91 Å². The van der Waals surface area contributed by atoms with Crippen LogP contribution >= 0.6 is 0 Å². The van der Waals surface area contributed by atoms with Crippen LogP contribution in [0.4, 0.5) is 11.4 Å². The lowest BCUT2D eigenvalue weighted by molar-refractivity contribution is -0.126. The Morgan fingerprint density at radius 3 is 2.07 bits per heavy atom. The summed E-state index contributed by atoms with van der Waals surface area (Å²) in [6.45, 7) is 0. The quantitative estimate of drug-likeness (QED) is 0.699. The van der Waals surface area contributed by atoms with Crippen LogP contribution in [0.2, 0.25) is 0 Å². The van der Waals surface area contributed by atoms with Crippen LogP contribution in [0, 0.1) is 5.92 Å². The number of amides is 2. The molecule has 0 spiro atoms. The van der Waals surface area contributed by atoms with E-state index in [4.69, 9.17) is 4.84 Å². The van der Waals surface area contributed by atoms with Gasteiger partial charge in [-0.3, -0.25) is 14.4 Å². The number of hydrogen-bond acceptors (Lipinski definition) is 5. The minimum absolute atomic E-state index is 0.0932. The predicted octanol–water partition coefficient (Wildman–Crippen LogP) is 3.44. The van der Waals surface area contributed by atoms with Gasteiger partial charge < -0.3 is 5.11 Å². The number of fused-ring (bicyclic) bond motifs is 1. The molecule has 0 bridgehead atoms. The minimum atomic E-state index is -0.921. The van der Waals surface area contributed by atoms with E-state index in [1.807, 2.05) is 42.5 Å². The van der Waals surface area contributed by atoms with Gasteiger partial charge in [-0.25, -0.2) is 9.96 Å². The Bertz CT molecular complexity index is 1070. The Morgan fingerprint density at radius 2 is 1.41 bits per heavy atom. The van der Waals surface area contributed by atoms with Crippen LogP contribution in [-0.2, 0) is 14.4 Å². The second-order valence-electron chi connectivity index (χ2n) is 7.10. The van der Waals surface area contributed by atoms with Gasteiger partial charge in [-0.1, -0.05) is 48.5 Å². The Labute approximate surface area is 167 Å². The molecule has 0 radical (unpaired) electrons. The van der Waals surface area contributed by atoms with E-state index in [-0.39, 0.29) is 17.6 Å². The summed E-state index contributed by atoms with van der Waals surface area (Å²) in [7, 11) is 0. The number of phenols is 1. The first-order chi connectivity index (χ1) is 14.1. The second-order valence-corrected chi connectivity index (χ2v) is 7.10. The number of carbonyl (C=O) groups excluding carboxylic acids is 2. The Kier molecular flexibility index (Phi) is 4.07. The molecule has 144 valence electrons. The molecule has 2 heterocycles. The molecule has 3 atom stereocenters. The molecule has 2 saturated heterocycles. The molecule has 0 unspecified atom stereocenters. The van der Waals surface area contributed by atoms with E-state index in [0.717, 1.165) is 5.69 Å². The number of aromatic hydroxyl groups is 1. The molecule has 1 N–H and O–H groups in total. The highest BCUT2D eigenvalue weighted by molar-refractivity contribution is 6.23. The first-order valence-corrected chi connectivity index (χ1v) is 9.38. The summed E-state index contributed by atoms with van der Waals surface area (Å²) in [5.41, 5.74) is 1.97. The third-order valence-corrected chi connectivity index (χ3v) is 5.35. The molecule has 6 heteroatoms. The largest absolute Gasteiger partial charge is 0.508 e. The van der Waals surface area contributed by atoms with Crippen LogP contribution in [-0.4, -0.2) is 23.0 Å². The molecule has 2 fully saturated rings. The highest BCUT2D eigenvalue weighted by atomic mass is 16.7. The molecule has 3 aromatic carbocycles. The monoisotopic (exact) mass is 386 g/mol. The maximum Gasteiger partial charge on any atom is 0.266 e. The van der Waals surface area contributed by atoms with Crippen LogP contribution in [0.5, 0.6) is 5.75 Å². The summed E-state index contributed by atoms with van der Waals surface area (Å²) in [6.07, 6.45) is -0.921. The Hall–Kier alpha value is -3.64. The zero-order chi connectivity index (χ0) is 20.0. The number of nitrogens with zero attached hydrogens (tertiary/aromatic N) is 2. The smallest absolute Gasteiger partial charge is 0.266 e. The molecule has 2 amide bonds. The summed E-state index contributed by atoms with van der Waals surface area (Å²) < 4.78 is 0. The molecule has 3 aromatic rings. The minimum Gasteiger partial charge on any atom is -0.508 e. The van der Waals surface area contributed by atoms with Gasteiger partial charge in [0.1, 0.15) is 11.7 Å². The average Bonchev–Trinajstić information content (AvgIpc) is 3.26. The second kappa shape index (κ2) is 6.76. The van der Waals surface area contributed by atoms with E-state index in [0.29, 0.717) is 11.3 Å². The molecule has 5 rings (SSSR count). The van der Waals surface area contributed by atoms with Crippen molar-refractivity contribution < 1.29 is 19.5 Å². The van der Waals surface area contributed by atoms with Gasteiger partial charge in [0.15, 0.2) is 6.10 Å². The predicted molar refractivity (Wildman–Crippen MR) is 107 cm³/mol. The molecule has 29 heavy (non-hydrogen) atoms. The summed E-state index contributed by atoms with van der Waals surface area (Å²) in [5.74, 6) is -1.31. The number of carbonyl (C=O) groups is 2. The summed E-state index contributed by atoms with van der Waals surface area (Å²) >= 11 is 0. The van der Waals surface area contributed by atoms with Crippen molar-refractivity contribution in [2.45, 2.75) is 12.1 Å². The van der Waals surface area contributed by atoms with Crippen LogP contribution in [0.15, 0.2) is 84.9 Å². The first-order valence-electron chi connectivity index (χ1n) is 9.38. The number of hydroxylamine groups is 1. The van der Waals surface area contributed by atoms with Crippen LogP contribution < -0.4 is 9.96 Å². The van der Waals surface area contributed by atoms with Gasteiger partial charge in [-0.15, -0.1) is 0 Å². The fraction of sp³-hybridized carbons (Fsp3) is 0.130. The molecule has 2 aliphatic rings. The van der Waals surface area contributed by atoms with E-state index in [9.17, 15) is 14.7 Å². The number of anilines is 2. The molecule has 0 saturated carbocycles. The third-order valence-electron chi connectivity index (χ3n) is 5.35. The van der Waals surface area contributed by atoms with Gasteiger partial charge in [0.05, 0.1) is 17.4 Å². The normalized spacial score (nSPS) is 23.5. The lowest BCUT2D eigenvalue weighted by Gasteiger charge is -2.28. The highest BCUT2D eigenvalue weighted by Gasteiger charge is 2.60. The summed E-state index contributed by atoms with van der Waals surface area (Å²) in [4.78, 5) is 33.8. The Morgan fingerprint density at radius 1 is 0.759 bits per heavy atom. The molecule has 6 nitrogen and oxygen atoms in total. The van der Waals surface area contributed by atoms with E-state index < -0.39 is 18.1 Å². The SMILES string of the molecule is O=C1[C@H]2[C@@H](ON(c3ccccc3)[C@H]2c2cccc(O)c2)C(=O)N1c1ccccc1. The van der Waals surface area contributed by atoms with Crippen molar-refractivity contribution in [1.29, 1.82) is 0 Å². The summed E-state index contributed by atoms with van der Waals surface area (Å²) in [6, 6.07) is 24.4. The lowest BCUT2D eigenvalue weighted by atomic mass is 9.90. The lowest BCUT2D eigenvalue weighted by Crippen LogP contribution is -2.37. The van der Waals surface area contributed by atoms with Crippen LogP contribution in [0.1, 0.15) is 11.6 Å².